The second-order valence-corrected chi connectivity index (χ2v) is 13.1. The van der Waals surface area contributed by atoms with E-state index in [0.29, 0.717) is 5.56 Å². The lowest BCUT2D eigenvalue weighted by atomic mass is 9.99. The first kappa shape index (κ1) is 41.9. The molecule has 4 aromatic rings. The molecule has 0 amide bonds. The van der Waals surface area contributed by atoms with Crippen LogP contribution in [0.4, 0.5) is 0 Å². The first-order valence-electron chi connectivity index (χ1n) is 17.4. The molecule has 0 saturated carbocycles. The van der Waals surface area contributed by atoms with Crippen molar-refractivity contribution in [3.63, 3.8) is 0 Å². The van der Waals surface area contributed by atoms with Crippen LogP contribution in [-0.4, -0.2) is 146 Å². The molecule has 0 radical (unpaired) electrons. The molecule has 10 atom stereocenters. The summed E-state index contributed by atoms with van der Waals surface area (Å²) in [6.45, 7) is -1.38. The number of hydrogen-bond donors (Lipinski definition) is 10. The maximum atomic E-state index is 13.8. The fourth-order valence-corrected chi connectivity index (χ4v) is 6.20. The molecule has 0 unspecified atom stereocenters. The molecule has 58 heavy (non-hydrogen) atoms. The van der Waals surface area contributed by atoms with Crippen molar-refractivity contribution in [1.82, 2.24) is 0 Å². The highest BCUT2D eigenvalue weighted by Gasteiger charge is 2.47. The van der Waals surface area contributed by atoms with Gasteiger partial charge in [0.1, 0.15) is 83.7 Å². The number of carbonyl (C=O) groups is 1. The van der Waals surface area contributed by atoms with Crippen molar-refractivity contribution in [2.45, 2.75) is 61.4 Å². The van der Waals surface area contributed by atoms with Gasteiger partial charge in [0.15, 0.2) is 17.3 Å². The van der Waals surface area contributed by atoms with Crippen molar-refractivity contribution in [2.24, 2.45) is 0 Å². The van der Waals surface area contributed by atoms with Crippen LogP contribution in [0.1, 0.15) is 5.56 Å². The normalized spacial score (nSPS) is 27.3. The molecular formula is C38H40O20. The van der Waals surface area contributed by atoms with E-state index < -0.39 is 109 Å². The summed E-state index contributed by atoms with van der Waals surface area (Å²) >= 11 is 0. The minimum absolute atomic E-state index is 0.00430. The van der Waals surface area contributed by atoms with E-state index in [1.807, 2.05) is 0 Å². The van der Waals surface area contributed by atoms with Crippen molar-refractivity contribution in [3.8, 4) is 51.6 Å². The molecule has 3 aromatic carbocycles. The minimum Gasteiger partial charge on any atom is -0.508 e. The van der Waals surface area contributed by atoms with Gasteiger partial charge in [-0.15, -0.1) is 0 Å². The van der Waals surface area contributed by atoms with Gasteiger partial charge in [0, 0.05) is 23.8 Å². The summed E-state index contributed by atoms with van der Waals surface area (Å²) in [5, 5.41) is 103. The molecule has 6 rings (SSSR count). The Bertz CT molecular complexity index is 2160. The minimum atomic E-state index is -1.93. The average Bonchev–Trinajstić information content (AvgIpc) is 3.21. The number of aliphatic hydroxyl groups is 7. The van der Waals surface area contributed by atoms with Gasteiger partial charge in [-0.3, -0.25) is 4.79 Å². The molecule has 2 fully saturated rings. The summed E-state index contributed by atoms with van der Waals surface area (Å²) in [6.07, 6.45) is -14.7. The van der Waals surface area contributed by atoms with Crippen LogP contribution in [0.2, 0.25) is 0 Å². The van der Waals surface area contributed by atoms with Crippen LogP contribution in [0.25, 0.3) is 28.4 Å². The van der Waals surface area contributed by atoms with E-state index in [4.69, 9.17) is 37.6 Å². The Labute approximate surface area is 327 Å². The SMILES string of the molecule is COc1cc(C=CC(=O)OC[C@H]2O[C@@H](Oc3ccc(-c4oc5cc(O)cc(O)c5c(=O)c4O[C@@H]4O[C@H](CO)[C@@H](O)[C@H](O)[C@H]4O)cc3)[C@H](O)[C@@H](O)[C@@H]2O)cc(OC)c1O. The Hall–Kier alpha value is -5.68. The number of aliphatic hydroxyl groups excluding tert-OH is 7. The number of aromatic hydroxyl groups is 3. The second-order valence-electron chi connectivity index (χ2n) is 13.1. The van der Waals surface area contributed by atoms with Gasteiger partial charge in [0.2, 0.25) is 29.5 Å². The Kier molecular flexibility index (Phi) is 12.6. The summed E-state index contributed by atoms with van der Waals surface area (Å²) in [5.41, 5.74) is -0.778. The predicted molar refractivity (Wildman–Crippen MR) is 194 cm³/mol. The lowest BCUT2D eigenvalue weighted by Gasteiger charge is -2.39. The molecule has 2 aliphatic rings. The van der Waals surface area contributed by atoms with Crippen molar-refractivity contribution >= 4 is 23.0 Å². The maximum absolute atomic E-state index is 13.8. The zero-order valence-corrected chi connectivity index (χ0v) is 30.5. The van der Waals surface area contributed by atoms with Gasteiger partial charge in [-0.1, -0.05) is 0 Å². The van der Waals surface area contributed by atoms with Gasteiger partial charge >= 0.3 is 5.97 Å². The Morgan fingerprint density at radius 3 is 1.95 bits per heavy atom. The van der Waals surface area contributed by atoms with E-state index >= 15 is 0 Å². The summed E-state index contributed by atoms with van der Waals surface area (Å²) in [4.78, 5) is 26.3. The molecule has 10 N–H and O–H groups in total. The zero-order chi connectivity index (χ0) is 42.0. The Morgan fingerprint density at radius 1 is 0.759 bits per heavy atom. The standard InChI is InChI=1S/C38H40O20/c1-51-21-9-15(10-22(52-2)27(21)43)3-8-25(42)53-14-24-29(45)32(48)33(49)37(57-24)54-18-6-4-16(5-7-18)35-36(30(46)26-19(41)11-17(40)12-20(26)55-35)58-38-34(50)31(47)28(44)23(13-39)56-38/h3-12,23-24,28-29,31-34,37-41,43-45,47-50H,13-14H2,1-2H3/t23-,24-,28-,29-,31+,32+,33-,34-,37-,38+/m1/s1. The number of hydrogen-bond acceptors (Lipinski definition) is 20. The number of ether oxygens (including phenoxy) is 7. The molecular weight excluding hydrogens is 776 g/mol. The number of phenols is 3. The molecule has 312 valence electrons. The van der Waals surface area contributed by atoms with Crippen molar-refractivity contribution in [1.29, 1.82) is 0 Å². The van der Waals surface area contributed by atoms with Crippen LogP contribution >= 0.6 is 0 Å². The van der Waals surface area contributed by atoms with E-state index in [1.54, 1.807) is 0 Å². The smallest absolute Gasteiger partial charge is 0.330 e. The molecule has 2 saturated heterocycles. The predicted octanol–water partition coefficient (Wildman–Crippen LogP) is -0.784. The van der Waals surface area contributed by atoms with Gasteiger partial charge in [-0.25, -0.2) is 4.79 Å². The van der Waals surface area contributed by atoms with Crippen LogP contribution in [-0.2, 0) is 19.0 Å². The Morgan fingerprint density at radius 2 is 1.34 bits per heavy atom. The fraction of sp³-hybridized carbons (Fsp3) is 0.368. The molecule has 0 bridgehead atoms. The maximum Gasteiger partial charge on any atom is 0.330 e. The monoisotopic (exact) mass is 816 g/mol. The summed E-state index contributed by atoms with van der Waals surface area (Å²) < 4.78 is 43.8. The van der Waals surface area contributed by atoms with Gasteiger partial charge in [-0.05, 0) is 48.0 Å². The molecule has 1 aromatic heterocycles. The number of rotatable bonds is 12. The van der Waals surface area contributed by atoms with Gasteiger partial charge in [0.25, 0.3) is 0 Å². The number of esters is 1. The molecule has 20 heteroatoms. The lowest BCUT2D eigenvalue weighted by Crippen LogP contribution is -2.60. The third-order valence-corrected chi connectivity index (χ3v) is 9.34. The van der Waals surface area contributed by atoms with Crippen molar-refractivity contribution in [3.05, 3.63) is 70.4 Å². The van der Waals surface area contributed by atoms with Gasteiger partial charge in [0.05, 0.1) is 20.8 Å². The van der Waals surface area contributed by atoms with E-state index in [2.05, 4.69) is 0 Å². The van der Waals surface area contributed by atoms with E-state index in [9.17, 15) is 60.7 Å². The van der Waals surface area contributed by atoms with E-state index in [1.165, 1.54) is 56.7 Å². The zero-order valence-electron chi connectivity index (χ0n) is 30.5. The third-order valence-electron chi connectivity index (χ3n) is 9.34. The highest BCUT2D eigenvalue weighted by molar-refractivity contribution is 5.88. The third kappa shape index (κ3) is 8.45. The quantitative estimate of drug-likeness (QED) is 0.0619. The van der Waals surface area contributed by atoms with Gasteiger partial charge in [-0.2, -0.15) is 0 Å². The van der Waals surface area contributed by atoms with Gasteiger partial charge < -0.3 is 88.6 Å². The Balaban J connectivity index is 1.20. The van der Waals surface area contributed by atoms with Crippen molar-refractivity contribution < 1.29 is 93.4 Å². The number of phenolic OH excluding ortho intramolecular Hbond substituents is 3. The number of methoxy groups -OCH3 is 2. The van der Waals surface area contributed by atoms with E-state index in [0.717, 1.165) is 18.2 Å². The first-order chi connectivity index (χ1) is 27.6. The summed E-state index contributed by atoms with van der Waals surface area (Å²) in [5.74, 6) is -3.05. The number of benzene rings is 3. The average molecular weight is 817 g/mol. The molecule has 0 spiro atoms. The highest BCUT2D eigenvalue weighted by atomic mass is 16.7. The number of fused-ring (bicyclic) bond motifs is 1. The molecule has 0 aliphatic carbocycles. The lowest BCUT2D eigenvalue weighted by molar-refractivity contribution is -0.278. The topological polar surface area (TPSA) is 314 Å². The first-order valence-corrected chi connectivity index (χ1v) is 17.4. The largest absolute Gasteiger partial charge is 0.508 e. The highest BCUT2D eigenvalue weighted by Crippen LogP contribution is 2.39. The van der Waals surface area contributed by atoms with Crippen LogP contribution in [0.15, 0.2) is 63.8 Å². The van der Waals surface area contributed by atoms with Crippen LogP contribution < -0.4 is 24.4 Å². The molecule has 3 heterocycles. The molecule has 20 nitrogen and oxygen atoms in total. The van der Waals surface area contributed by atoms with Crippen LogP contribution in [0.5, 0.6) is 40.2 Å². The molecule has 2 aliphatic heterocycles. The van der Waals surface area contributed by atoms with Crippen LogP contribution in [0.3, 0.4) is 0 Å². The number of carbonyl (C=O) groups excluding carboxylic acids is 1. The van der Waals surface area contributed by atoms with E-state index in [-0.39, 0.29) is 39.9 Å². The summed E-state index contributed by atoms with van der Waals surface area (Å²) in [7, 11) is 2.67. The van der Waals surface area contributed by atoms with Crippen LogP contribution in [0, 0.1) is 0 Å². The second kappa shape index (κ2) is 17.4. The fourth-order valence-electron chi connectivity index (χ4n) is 6.20. The van der Waals surface area contributed by atoms with Crippen molar-refractivity contribution in [2.75, 3.05) is 27.4 Å². The summed E-state index contributed by atoms with van der Waals surface area (Å²) in [6, 6.07) is 10.1.